The molecule has 2 aromatic rings. The van der Waals surface area contributed by atoms with Crippen LogP contribution in [-0.4, -0.2) is 35.2 Å². The summed E-state index contributed by atoms with van der Waals surface area (Å²) in [6, 6.07) is 5.62. The molecular weight excluding hydrogens is 389 g/mol. The highest BCUT2D eigenvalue weighted by molar-refractivity contribution is 6.25. The van der Waals surface area contributed by atoms with Gasteiger partial charge in [0, 0.05) is 29.2 Å². The SMILES string of the molecule is CC(CNC(=O)c1ccc(-c2noc(C(F)(F)F)n2)cc1)NOC/C=C\Cl. The van der Waals surface area contributed by atoms with E-state index in [-0.39, 0.29) is 24.4 Å². The number of nitrogens with one attached hydrogen (secondary N) is 2. The van der Waals surface area contributed by atoms with Gasteiger partial charge in [0.2, 0.25) is 5.82 Å². The molecule has 7 nitrogen and oxygen atoms in total. The molecule has 1 unspecified atom stereocenters. The van der Waals surface area contributed by atoms with Crippen LogP contribution in [0.4, 0.5) is 13.2 Å². The Morgan fingerprint density at radius 1 is 1.37 bits per heavy atom. The number of amides is 1. The van der Waals surface area contributed by atoms with Crippen molar-refractivity contribution in [2.24, 2.45) is 0 Å². The quantitative estimate of drug-likeness (QED) is 0.519. The molecule has 1 aromatic carbocycles. The van der Waals surface area contributed by atoms with E-state index in [1.165, 1.54) is 29.8 Å². The summed E-state index contributed by atoms with van der Waals surface area (Å²) >= 11 is 5.35. The first-order valence-corrected chi connectivity index (χ1v) is 8.17. The summed E-state index contributed by atoms with van der Waals surface area (Å²) in [6.07, 6.45) is -3.11. The fourth-order valence-corrected chi connectivity index (χ4v) is 1.96. The van der Waals surface area contributed by atoms with Gasteiger partial charge in [-0.05, 0) is 25.1 Å². The van der Waals surface area contributed by atoms with Gasteiger partial charge in [0.05, 0.1) is 6.61 Å². The van der Waals surface area contributed by atoms with Gasteiger partial charge in [-0.15, -0.1) is 0 Å². The van der Waals surface area contributed by atoms with Gasteiger partial charge in [-0.1, -0.05) is 28.9 Å². The summed E-state index contributed by atoms with van der Waals surface area (Å²) < 4.78 is 41.6. The molecule has 0 aliphatic rings. The number of carbonyl (C=O) groups excluding carboxylic acids is 1. The predicted molar refractivity (Wildman–Crippen MR) is 90.6 cm³/mol. The number of carbonyl (C=O) groups is 1. The van der Waals surface area contributed by atoms with Crippen molar-refractivity contribution in [1.29, 1.82) is 0 Å². The van der Waals surface area contributed by atoms with Crippen LogP contribution in [0.1, 0.15) is 23.2 Å². The number of hydrogen-bond acceptors (Lipinski definition) is 6. The van der Waals surface area contributed by atoms with Crippen molar-refractivity contribution >= 4 is 17.5 Å². The number of benzene rings is 1. The maximum Gasteiger partial charge on any atom is 0.471 e. The molecule has 27 heavy (non-hydrogen) atoms. The Hall–Kier alpha value is -2.43. The summed E-state index contributed by atoms with van der Waals surface area (Å²) in [5, 5.41) is 5.99. The van der Waals surface area contributed by atoms with Crippen molar-refractivity contribution in [2.45, 2.75) is 19.1 Å². The predicted octanol–water partition coefficient (Wildman–Crippen LogP) is 3.15. The van der Waals surface area contributed by atoms with E-state index in [0.717, 1.165) is 0 Å². The van der Waals surface area contributed by atoms with E-state index in [4.69, 9.17) is 16.4 Å². The third kappa shape index (κ3) is 6.35. The number of aromatic nitrogens is 2. The second-order valence-electron chi connectivity index (χ2n) is 5.40. The molecule has 146 valence electrons. The van der Waals surface area contributed by atoms with Crippen molar-refractivity contribution in [3.8, 4) is 11.4 Å². The molecule has 1 atom stereocenters. The van der Waals surface area contributed by atoms with Gasteiger partial charge in [-0.3, -0.25) is 9.63 Å². The number of alkyl halides is 3. The van der Waals surface area contributed by atoms with E-state index in [2.05, 4.69) is 25.5 Å². The van der Waals surface area contributed by atoms with E-state index in [0.29, 0.717) is 17.7 Å². The standard InChI is InChI=1S/C16H16ClF3N4O3/c1-10(23-26-8-2-7-17)9-21-14(25)12-5-3-11(4-6-12)13-22-15(27-24-13)16(18,19)20/h2-7,10,23H,8-9H2,1H3,(H,21,25)/b7-2-. The minimum atomic E-state index is -4.71. The Kier molecular flexibility index (Phi) is 7.34. The van der Waals surface area contributed by atoms with Crippen LogP contribution in [0.2, 0.25) is 0 Å². The zero-order valence-corrected chi connectivity index (χ0v) is 14.8. The summed E-state index contributed by atoms with van der Waals surface area (Å²) in [5.41, 5.74) is 4.68. The molecule has 0 spiro atoms. The topological polar surface area (TPSA) is 89.3 Å². The van der Waals surface area contributed by atoms with Gasteiger partial charge in [0.25, 0.3) is 5.91 Å². The lowest BCUT2D eigenvalue weighted by atomic mass is 10.1. The van der Waals surface area contributed by atoms with E-state index in [1.807, 2.05) is 6.92 Å². The van der Waals surface area contributed by atoms with Crippen LogP contribution < -0.4 is 10.8 Å². The highest BCUT2D eigenvalue weighted by Gasteiger charge is 2.38. The van der Waals surface area contributed by atoms with Crippen LogP contribution >= 0.6 is 11.6 Å². The zero-order valence-electron chi connectivity index (χ0n) is 14.1. The maximum atomic E-state index is 12.5. The largest absolute Gasteiger partial charge is 0.471 e. The molecular formula is C16H16ClF3N4O3. The molecule has 1 amide bonds. The summed E-state index contributed by atoms with van der Waals surface area (Å²) in [6.45, 7) is 2.39. The van der Waals surface area contributed by atoms with E-state index < -0.39 is 12.1 Å². The van der Waals surface area contributed by atoms with Crippen molar-refractivity contribution < 1.29 is 27.3 Å². The van der Waals surface area contributed by atoms with Crippen molar-refractivity contribution in [3.05, 3.63) is 47.3 Å². The van der Waals surface area contributed by atoms with Crippen LogP contribution in [0.15, 0.2) is 40.4 Å². The lowest BCUT2D eigenvalue weighted by molar-refractivity contribution is -0.159. The van der Waals surface area contributed by atoms with Crippen molar-refractivity contribution in [1.82, 2.24) is 20.9 Å². The third-order valence-electron chi connectivity index (χ3n) is 3.20. The van der Waals surface area contributed by atoms with Crippen LogP contribution in [0.3, 0.4) is 0 Å². The normalized spacial score (nSPS) is 13.1. The smallest absolute Gasteiger partial charge is 0.350 e. The van der Waals surface area contributed by atoms with Gasteiger partial charge in [-0.25, -0.2) is 0 Å². The molecule has 0 radical (unpaired) electrons. The first kappa shape index (κ1) is 20.9. The number of nitrogens with zero attached hydrogens (tertiary/aromatic N) is 2. The lowest BCUT2D eigenvalue weighted by Gasteiger charge is -2.14. The van der Waals surface area contributed by atoms with E-state index >= 15 is 0 Å². The second kappa shape index (κ2) is 9.49. The first-order valence-electron chi connectivity index (χ1n) is 7.73. The number of hydroxylamine groups is 1. The molecule has 0 bridgehead atoms. The van der Waals surface area contributed by atoms with E-state index in [9.17, 15) is 18.0 Å². The Morgan fingerprint density at radius 3 is 2.67 bits per heavy atom. The van der Waals surface area contributed by atoms with Crippen LogP contribution in [-0.2, 0) is 11.0 Å². The minimum Gasteiger partial charge on any atom is -0.350 e. The Bertz CT molecular complexity index is 778. The molecule has 2 rings (SSSR count). The van der Waals surface area contributed by atoms with Gasteiger partial charge in [-0.2, -0.15) is 23.6 Å². The van der Waals surface area contributed by atoms with Crippen molar-refractivity contribution in [3.63, 3.8) is 0 Å². The molecule has 11 heteroatoms. The Balaban J connectivity index is 1.89. The summed E-state index contributed by atoms with van der Waals surface area (Å²) in [4.78, 5) is 20.5. The third-order valence-corrected chi connectivity index (χ3v) is 3.37. The molecule has 2 N–H and O–H groups in total. The highest BCUT2D eigenvalue weighted by atomic mass is 35.5. The minimum absolute atomic E-state index is 0.155. The molecule has 1 heterocycles. The van der Waals surface area contributed by atoms with Crippen LogP contribution in [0, 0.1) is 0 Å². The van der Waals surface area contributed by atoms with Gasteiger partial charge in [0.1, 0.15) is 0 Å². The Morgan fingerprint density at radius 2 is 2.07 bits per heavy atom. The van der Waals surface area contributed by atoms with Crippen molar-refractivity contribution in [2.75, 3.05) is 13.2 Å². The number of halogens is 4. The molecule has 1 aromatic heterocycles. The first-order chi connectivity index (χ1) is 12.8. The van der Waals surface area contributed by atoms with Gasteiger partial charge < -0.3 is 9.84 Å². The number of hydrogen-bond donors (Lipinski definition) is 2. The zero-order chi connectivity index (χ0) is 19.9. The molecule has 0 aliphatic carbocycles. The average Bonchev–Trinajstić information content (AvgIpc) is 3.14. The van der Waals surface area contributed by atoms with Crippen LogP contribution in [0.5, 0.6) is 0 Å². The summed E-state index contributed by atoms with van der Waals surface area (Å²) in [7, 11) is 0. The molecule has 0 saturated heterocycles. The fraction of sp³-hybridized carbons (Fsp3) is 0.312. The maximum absolute atomic E-state index is 12.5. The monoisotopic (exact) mass is 404 g/mol. The van der Waals surface area contributed by atoms with Gasteiger partial charge in [0.15, 0.2) is 0 Å². The molecule has 0 aliphatic heterocycles. The average molecular weight is 405 g/mol. The van der Waals surface area contributed by atoms with Gasteiger partial charge >= 0.3 is 12.1 Å². The van der Waals surface area contributed by atoms with E-state index in [1.54, 1.807) is 6.08 Å². The van der Waals surface area contributed by atoms with Crippen LogP contribution in [0.25, 0.3) is 11.4 Å². The lowest BCUT2D eigenvalue weighted by Crippen LogP contribution is -2.39. The fourth-order valence-electron chi connectivity index (χ4n) is 1.89. The second-order valence-corrected chi connectivity index (χ2v) is 5.65. The molecule has 0 saturated carbocycles. The highest BCUT2D eigenvalue weighted by Crippen LogP contribution is 2.29. The number of rotatable bonds is 8. The Labute approximate surface area is 157 Å². The molecule has 0 fully saturated rings. The summed E-state index contributed by atoms with van der Waals surface area (Å²) in [5.74, 6) is -1.99.